The third-order valence-corrected chi connectivity index (χ3v) is 3.22. The number of hydrogen-bond acceptors (Lipinski definition) is 3. The predicted molar refractivity (Wildman–Crippen MR) is 69.5 cm³/mol. The highest BCUT2D eigenvalue weighted by molar-refractivity contribution is 5.48. The van der Waals surface area contributed by atoms with Crippen LogP contribution in [-0.2, 0) is 4.74 Å². The molecule has 0 spiro atoms. The minimum Gasteiger partial charge on any atom is -0.490 e. The maximum atomic E-state index is 13.0. The van der Waals surface area contributed by atoms with Crippen LogP contribution in [0.3, 0.4) is 0 Å². The van der Waals surface area contributed by atoms with Crippen LogP contribution in [0.2, 0.25) is 0 Å². The maximum absolute atomic E-state index is 13.0. The second kappa shape index (κ2) is 5.74. The van der Waals surface area contributed by atoms with Crippen LogP contribution in [-0.4, -0.2) is 18.3 Å². The number of ether oxygens (including phenoxy) is 2. The van der Waals surface area contributed by atoms with E-state index in [-0.39, 0.29) is 29.6 Å². The van der Waals surface area contributed by atoms with Crippen LogP contribution in [0.15, 0.2) is 18.2 Å². The summed E-state index contributed by atoms with van der Waals surface area (Å²) in [4.78, 5) is 0. The van der Waals surface area contributed by atoms with Crippen LogP contribution < -0.4 is 10.5 Å². The van der Waals surface area contributed by atoms with Crippen LogP contribution in [0, 0.1) is 0 Å². The highest BCUT2D eigenvalue weighted by Gasteiger charge is 2.27. The van der Waals surface area contributed by atoms with Crippen molar-refractivity contribution in [3.05, 3.63) is 23.8 Å². The van der Waals surface area contributed by atoms with Gasteiger partial charge in [-0.2, -0.15) is 0 Å². The smallest absolute Gasteiger partial charge is 0.267 e. The molecule has 1 saturated heterocycles. The Hall–Kier alpha value is -1.36. The van der Waals surface area contributed by atoms with Crippen LogP contribution in [0.4, 0.5) is 14.5 Å². The van der Waals surface area contributed by atoms with Gasteiger partial charge in [0.15, 0.2) is 0 Å². The lowest BCUT2D eigenvalue weighted by atomic mass is 10.0. The van der Waals surface area contributed by atoms with Crippen LogP contribution in [0.5, 0.6) is 5.75 Å². The molecule has 1 aliphatic heterocycles. The van der Waals surface area contributed by atoms with Gasteiger partial charge in [0.1, 0.15) is 11.9 Å². The summed E-state index contributed by atoms with van der Waals surface area (Å²) < 4.78 is 37.2. The molecule has 1 aromatic carbocycles. The Kier molecular flexibility index (Phi) is 4.24. The van der Waals surface area contributed by atoms with E-state index in [9.17, 15) is 8.78 Å². The molecular weight excluding hydrogens is 252 g/mol. The summed E-state index contributed by atoms with van der Waals surface area (Å²) in [6.45, 7) is 3.92. The molecule has 106 valence electrons. The van der Waals surface area contributed by atoms with E-state index >= 15 is 0 Å². The minimum atomic E-state index is -2.59. The molecule has 1 aromatic rings. The van der Waals surface area contributed by atoms with Crippen LogP contribution in [0.1, 0.15) is 38.7 Å². The van der Waals surface area contributed by atoms with Gasteiger partial charge in [-0.05, 0) is 32.0 Å². The first-order chi connectivity index (χ1) is 8.95. The van der Waals surface area contributed by atoms with E-state index in [0.29, 0.717) is 18.5 Å². The van der Waals surface area contributed by atoms with Gasteiger partial charge in [0.25, 0.3) is 6.43 Å². The number of rotatable bonds is 3. The molecule has 1 fully saturated rings. The lowest BCUT2D eigenvalue weighted by Crippen LogP contribution is -2.35. The van der Waals surface area contributed by atoms with Crippen molar-refractivity contribution >= 4 is 5.69 Å². The first kappa shape index (κ1) is 14.1. The van der Waals surface area contributed by atoms with E-state index in [1.807, 2.05) is 13.8 Å². The second-order valence-electron chi connectivity index (χ2n) is 5.07. The molecule has 0 bridgehead atoms. The Morgan fingerprint density at radius 1 is 1.26 bits per heavy atom. The van der Waals surface area contributed by atoms with E-state index in [1.54, 1.807) is 6.07 Å². The summed E-state index contributed by atoms with van der Waals surface area (Å²) in [7, 11) is 0. The summed E-state index contributed by atoms with van der Waals surface area (Å²) in [5.74, 6) is 0.218. The molecule has 2 N–H and O–H groups in total. The fourth-order valence-electron chi connectivity index (χ4n) is 2.46. The number of benzene rings is 1. The molecule has 0 amide bonds. The average Bonchev–Trinajstić information content (AvgIpc) is 2.30. The van der Waals surface area contributed by atoms with Gasteiger partial charge < -0.3 is 15.2 Å². The molecule has 0 saturated carbocycles. The quantitative estimate of drug-likeness (QED) is 0.855. The number of nitrogens with two attached hydrogens (primary N) is 1. The number of alkyl halides is 2. The zero-order valence-electron chi connectivity index (χ0n) is 11.1. The fourth-order valence-corrected chi connectivity index (χ4v) is 2.46. The summed E-state index contributed by atoms with van der Waals surface area (Å²) in [5.41, 5.74) is 5.70. The number of halogens is 2. The Morgan fingerprint density at radius 2 is 1.89 bits per heavy atom. The van der Waals surface area contributed by atoms with Crippen molar-refractivity contribution in [2.45, 2.75) is 51.4 Å². The van der Waals surface area contributed by atoms with Gasteiger partial charge in [0.05, 0.1) is 17.8 Å². The van der Waals surface area contributed by atoms with Crippen molar-refractivity contribution in [3.8, 4) is 5.75 Å². The SMILES string of the molecule is CC1CC(Oc2ccc(N)cc2C(F)F)CC(C)O1. The average molecular weight is 271 g/mol. The molecule has 19 heavy (non-hydrogen) atoms. The van der Waals surface area contributed by atoms with Gasteiger partial charge >= 0.3 is 0 Å². The third kappa shape index (κ3) is 3.56. The molecule has 0 aromatic heterocycles. The molecule has 2 rings (SSSR count). The van der Waals surface area contributed by atoms with Crippen molar-refractivity contribution < 1.29 is 18.3 Å². The van der Waals surface area contributed by atoms with Crippen molar-refractivity contribution in [2.75, 3.05) is 5.73 Å². The number of anilines is 1. The Bertz CT molecular complexity index is 429. The highest BCUT2D eigenvalue weighted by atomic mass is 19.3. The van der Waals surface area contributed by atoms with E-state index in [2.05, 4.69) is 0 Å². The molecule has 2 unspecified atom stereocenters. The van der Waals surface area contributed by atoms with Crippen molar-refractivity contribution in [1.82, 2.24) is 0 Å². The first-order valence-electron chi connectivity index (χ1n) is 6.45. The summed E-state index contributed by atoms with van der Waals surface area (Å²) in [5, 5.41) is 0. The van der Waals surface area contributed by atoms with Crippen molar-refractivity contribution in [1.29, 1.82) is 0 Å². The first-order valence-corrected chi connectivity index (χ1v) is 6.45. The van der Waals surface area contributed by atoms with E-state index in [0.717, 1.165) is 0 Å². The lowest BCUT2D eigenvalue weighted by molar-refractivity contribution is -0.0726. The topological polar surface area (TPSA) is 44.5 Å². The third-order valence-electron chi connectivity index (χ3n) is 3.22. The maximum Gasteiger partial charge on any atom is 0.267 e. The molecule has 5 heteroatoms. The summed E-state index contributed by atoms with van der Waals surface area (Å²) in [6, 6.07) is 4.36. The van der Waals surface area contributed by atoms with Gasteiger partial charge in [-0.3, -0.25) is 0 Å². The molecule has 1 heterocycles. The summed E-state index contributed by atoms with van der Waals surface area (Å²) >= 11 is 0. The lowest BCUT2D eigenvalue weighted by Gasteiger charge is -2.32. The van der Waals surface area contributed by atoms with E-state index < -0.39 is 6.43 Å². The standard InChI is InChI=1S/C14H19F2NO2/c1-8-5-11(6-9(2)18-8)19-13-4-3-10(17)7-12(13)14(15)16/h3-4,7-9,11,14H,5-6,17H2,1-2H3. The zero-order valence-corrected chi connectivity index (χ0v) is 11.1. The molecule has 1 aliphatic rings. The van der Waals surface area contributed by atoms with Gasteiger partial charge in [-0.25, -0.2) is 8.78 Å². The highest BCUT2D eigenvalue weighted by Crippen LogP contribution is 2.33. The largest absolute Gasteiger partial charge is 0.490 e. The van der Waals surface area contributed by atoms with E-state index in [4.69, 9.17) is 15.2 Å². The van der Waals surface area contributed by atoms with Crippen molar-refractivity contribution in [3.63, 3.8) is 0 Å². The predicted octanol–water partition coefficient (Wildman–Crippen LogP) is 3.54. The van der Waals surface area contributed by atoms with Crippen molar-refractivity contribution in [2.24, 2.45) is 0 Å². The van der Waals surface area contributed by atoms with Gasteiger partial charge in [-0.15, -0.1) is 0 Å². The molecule has 2 atom stereocenters. The Balaban J connectivity index is 2.14. The van der Waals surface area contributed by atoms with Crippen LogP contribution >= 0.6 is 0 Å². The normalized spacial score (nSPS) is 27.5. The van der Waals surface area contributed by atoms with Crippen LogP contribution in [0.25, 0.3) is 0 Å². The van der Waals surface area contributed by atoms with E-state index in [1.165, 1.54) is 12.1 Å². The number of nitrogen functional groups attached to an aromatic ring is 1. The van der Waals surface area contributed by atoms with Gasteiger partial charge in [0.2, 0.25) is 0 Å². The zero-order chi connectivity index (χ0) is 14.0. The molecule has 0 aliphatic carbocycles. The minimum absolute atomic E-state index is 0.0810. The fraction of sp³-hybridized carbons (Fsp3) is 0.571. The Labute approximate surface area is 111 Å². The van der Waals surface area contributed by atoms with Gasteiger partial charge in [-0.1, -0.05) is 0 Å². The number of hydrogen-bond donors (Lipinski definition) is 1. The molecule has 0 radical (unpaired) electrons. The summed E-state index contributed by atoms with van der Waals surface area (Å²) in [6.07, 6.45) is -1.11. The molecular formula is C14H19F2NO2. The second-order valence-corrected chi connectivity index (χ2v) is 5.07. The molecule has 3 nitrogen and oxygen atoms in total. The Morgan fingerprint density at radius 3 is 2.47 bits per heavy atom. The van der Waals surface area contributed by atoms with Gasteiger partial charge in [0, 0.05) is 18.5 Å². The monoisotopic (exact) mass is 271 g/mol.